The Morgan fingerprint density at radius 1 is 1.30 bits per heavy atom. The maximum atomic E-state index is 4.68. The quantitative estimate of drug-likeness (QED) is 0.896. The topological polar surface area (TPSA) is 24.9 Å². The number of aromatic nitrogens is 1. The van der Waals surface area contributed by atoms with Crippen molar-refractivity contribution in [3.63, 3.8) is 0 Å². The summed E-state index contributed by atoms with van der Waals surface area (Å²) in [5.41, 5.74) is 1.63. The number of rotatable bonds is 4. The zero-order valence-electron chi connectivity index (χ0n) is 13.7. The Bertz CT molecular complexity index is 419. The zero-order chi connectivity index (χ0) is 14.8. The third-order valence-corrected chi connectivity index (χ3v) is 5.92. The van der Waals surface area contributed by atoms with Crippen molar-refractivity contribution in [1.29, 1.82) is 0 Å². The highest BCUT2D eigenvalue weighted by Gasteiger charge is 2.35. The van der Waals surface area contributed by atoms with Crippen LogP contribution in [0.25, 0.3) is 0 Å². The van der Waals surface area contributed by atoms with Gasteiger partial charge in [0, 0.05) is 17.5 Å². The first-order valence-corrected chi connectivity index (χ1v) is 8.83. The smallest absolute Gasteiger partial charge is 0.0930 e. The Balaban J connectivity index is 2.06. The van der Waals surface area contributed by atoms with Crippen molar-refractivity contribution in [2.75, 3.05) is 13.6 Å². The molecule has 0 radical (unpaired) electrons. The van der Waals surface area contributed by atoms with Crippen LogP contribution in [0.5, 0.6) is 0 Å². The number of nitrogens with zero attached hydrogens (tertiary/aromatic N) is 1. The van der Waals surface area contributed by atoms with Crippen molar-refractivity contribution in [3.8, 4) is 0 Å². The van der Waals surface area contributed by atoms with Crippen molar-refractivity contribution in [2.45, 2.75) is 53.4 Å². The van der Waals surface area contributed by atoms with E-state index in [-0.39, 0.29) is 0 Å². The first-order chi connectivity index (χ1) is 9.40. The maximum Gasteiger partial charge on any atom is 0.0930 e. The van der Waals surface area contributed by atoms with Gasteiger partial charge in [-0.3, -0.25) is 0 Å². The van der Waals surface area contributed by atoms with Gasteiger partial charge >= 0.3 is 0 Å². The lowest BCUT2D eigenvalue weighted by atomic mass is 9.65. The van der Waals surface area contributed by atoms with Gasteiger partial charge < -0.3 is 5.32 Å². The molecule has 0 aliphatic heterocycles. The molecule has 2 rings (SSSR count). The Kier molecular flexibility index (Phi) is 5.25. The molecular weight excluding hydrogens is 264 g/mol. The minimum absolute atomic E-state index is 0.446. The number of thiazole rings is 1. The monoisotopic (exact) mass is 294 g/mol. The van der Waals surface area contributed by atoms with Crippen LogP contribution in [-0.4, -0.2) is 18.6 Å². The molecule has 0 bridgehead atoms. The van der Waals surface area contributed by atoms with Gasteiger partial charge in [0.05, 0.1) is 5.01 Å². The molecule has 1 saturated carbocycles. The molecule has 0 saturated heterocycles. The standard InChI is InChI=1S/C17H30N2S/c1-12-11-20-16(19-12)9-14-8-15(17(2,3)4)7-6-13(14)10-18-5/h11,13-15,18H,6-10H2,1-5H3. The van der Waals surface area contributed by atoms with Crippen molar-refractivity contribution in [2.24, 2.45) is 23.2 Å². The van der Waals surface area contributed by atoms with E-state index in [0.29, 0.717) is 5.41 Å². The van der Waals surface area contributed by atoms with Crippen LogP contribution in [0.2, 0.25) is 0 Å². The van der Waals surface area contributed by atoms with E-state index in [0.717, 1.165) is 24.3 Å². The van der Waals surface area contributed by atoms with Gasteiger partial charge in [-0.05, 0) is 62.9 Å². The van der Waals surface area contributed by atoms with Gasteiger partial charge in [-0.15, -0.1) is 11.3 Å². The summed E-state index contributed by atoms with van der Waals surface area (Å²) >= 11 is 1.84. The zero-order valence-corrected chi connectivity index (χ0v) is 14.5. The molecule has 1 aromatic rings. The summed E-state index contributed by atoms with van der Waals surface area (Å²) in [7, 11) is 2.08. The summed E-state index contributed by atoms with van der Waals surface area (Å²) < 4.78 is 0. The van der Waals surface area contributed by atoms with E-state index in [1.54, 1.807) is 0 Å². The molecule has 114 valence electrons. The highest BCUT2D eigenvalue weighted by atomic mass is 32.1. The van der Waals surface area contributed by atoms with Crippen LogP contribution in [0.15, 0.2) is 5.38 Å². The molecule has 3 atom stereocenters. The van der Waals surface area contributed by atoms with Crippen LogP contribution >= 0.6 is 11.3 Å². The first kappa shape index (κ1) is 16.0. The molecule has 1 aromatic heterocycles. The van der Waals surface area contributed by atoms with E-state index in [2.05, 4.69) is 50.4 Å². The summed E-state index contributed by atoms with van der Waals surface area (Å²) in [5.74, 6) is 2.48. The van der Waals surface area contributed by atoms with Crippen LogP contribution in [0.3, 0.4) is 0 Å². The third kappa shape index (κ3) is 4.05. The van der Waals surface area contributed by atoms with Gasteiger partial charge in [-0.25, -0.2) is 4.98 Å². The van der Waals surface area contributed by atoms with Crippen LogP contribution in [0, 0.1) is 30.1 Å². The normalized spacial score (nSPS) is 27.8. The molecule has 20 heavy (non-hydrogen) atoms. The van der Waals surface area contributed by atoms with Gasteiger partial charge in [-0.1, -0.05) is 20.8 Å². The maximum absolute atomic E-state index is 4.68. The molecule has 1 heterocycles. The number of nitrogens with one attached hydrogen (secondary N) is 1. The number of hydrogen-bond acceptors (Lipinski definition) is 3. The molecular formula is C17H30N2S. The molecule has 2 nitrogen and oxygen atoms in total. The summed E-state index contributed by atoms with van der Waals surface area (Å²) in [5, 5.41) is 6.92. The van der Waals surface area contributed by atoms with E-state index in [4.69, 9.17) is 0 Å². The van der Waals surface area contributed by atoms with Crippen molar-refractivity contribution >= 4 is 11.3 Å². The van der Waals surface area contributed by atoms with Crippen LogP contribution < -0.4 is 5.32 Å². The fourth-order valence-electron chi connectivity index (χ4n) is 3.61. The largest absolute Gasteiger partial charge is 0.319 e. The predicted molar refractivity (Wildman–Crippen MR) is 88.3 cm³/mol. The van der Waals surface area contributed by atoms with Gasteiger partial charge in [0.1, 0.15) is 0 Å². The van der Waals surface area contributed by atoms with Crippen molar-refractivity contribution < 1.29 is 0 Å². The third-order valence-electron chi connectivity index (χ3n) is 4.93. The molecule has 0 amide bonds. The van der Waals surface area contributed by atoms with E-state index in [1.165, 1.54) is 36.4 Å². The molecule has 3 heteroatoms. The highest BCUT2D eigenvalue weighted by Crippen LogP contribution is 2.43. The molecule has 0 aromatic carbocycles. The second-order valence-corrected chi connectivity index (χ2v) is 8.48. The first-order valence-electron chi connectivity index (χ1n) is 7.95. The van der Waals surface area contributed by atoms with Gasteiger partial charge in [-0.2, -0.15) is 0 Å². The minimum Gasteiger partial charge on any atom is -0.319 e. The molecule has 3 unspecified atom stereocenters. The van der Waals surface area contributed by atoms with Gasteiger partial charge in [0.25, 0.3) is 0 Å². The number of hydrogen-bond donors (Lipinski definition) is 1. The highest BCUT2D eigenvalue weighted by molar-refractivity contribution is 7.09. The molecule has 1 fully saturated rings. The second kappa shape index (κ2) is 6.57. The van der Waals surface area contributed by atoms with E-state index >= 15 is 0 Å². The van der Waals surface area contributed by atoms with Crippen molar-refractivity contribution in [1.82, 2.24) is 10.3 Å². The summed E-state index contributed by atoms with van der Waals surface area (Å²) in [6, 6.07) is 0. The SMILES string of the molecule is CNCC1CCC(C(C)(C)C)CC1Cc1nc(C)cs1. The second-order valence-electron chi connectivity index (χ2n) is 7.54. The average Bonchev–Trinajstić information content (AvgIpc) is 2.76. The Labute approximate surface area is 128 Å². The lowest BCUT2D eigenvalue weighted by Crippen LogP contribution is -2.36. The lowest BCUT2D eigenvalue weighted by Gasteiger charge is -2.42. The Morgan fingerprint density at radius 3 is 2.60 bits per heavy atom. The van der Waals surface area contributed by atoms with Crippen molar-refractivity contribution in [3.05, 3.63) is 16.1 Å². The average molecular weight is 295 g/mol. The Morgan fingerprint density at radius 2 is 2.05 bits per heavy atom. The number of aryl methyl sites for hydroxylation is 1. The van der Waals surface area contributed by atoms with E-state index in [1.807, 2.05) is 11.3 Å². The lowest BCUT2D eigenvalue weighted by molar-refractivity contribution is 0.0980. The van der Waals surface area contributed by atoms with E-state index in [9.17, 15) is 0 Å². The van der Waals surface area contributed by atoms with Crippen LogP contribution in [0.1, 0.15) is 50.7 Å². The fourth-order valence-corrected chi connectivity index (χ4v) is 4.48. The predicted octanol–water partition coefficient (Wildman–Crippen LogP) is 4.29. The molecule has 1 aliphatic rings. The summed E-state index contributed by atoms with van der Waals surface area (Å²) in [6.45, 7) is 10.5. The molecule has 1 N–H and O–H groups in total. The van der Waals surface area contributed by atoms with E-state index < -0.39 is 0 Å². The van der Waals surface area contributed by atoms with Crippen LogP contribution in [-0.2, 0) is 6.42 Å². The molecule has 1 aliphatic carbocycles. The minimum atomic E-state index is 0.446. The summed E-state index contributed by atoms with van der Waals surface area (Å²) in [4.78, 5) is 4.68. The molecule has 0 spiro atoms. The summed E-state index contributed by atoms with van der Waals surface area (Å²) in [6.07, 6.45) is 5.31. The Hall–Kier alpha value is -0.410. The van der Waals surface area contributed by atoms with Crippen LogP contribution in [0.4, 0.5) is 0 Å². The van der Waals surface area contributed by atoms with Gasteiger partial charge in [0.2, 0.25) is 0 Å². The van der Waals surface area contributed by atoms with Gasteiger partial charge in [0.15, 0.2) is 0 Å². The fraction of sp³-hybridized carbons (Fsp3) is 0.824.